The molecule has 0 aliphatic carbocycles. The van der Waals surface area contributed by atoms with Crippen molar-refractivity contribution in [1.29, 1.82) is 0 Å². The van der Waals surface area contributed by atoms with E-state index in [1.807, 2.05) is 4.90 Å². The first kappa shape index (κ1) is 13.3. The number of carbonyl (C=O) groups excluding carboxylic acids is 1. The van der Waals surface area contributed by atoms with Crippen molar-refractivity contribution in [2.75, 3.05) is 18.6 Å². The van der Waals surface area contributed by atoms with E-state index in [2.05, 4.69) is 0 Å². The van der Waals surface area contributed by atoms with Crippen LogP contribution < -0.4 is 4.90 Å². The second-order valence-corrected chi connectivity index (χ2v) is 4.50. The molecule has 102 valence electrons. The summed E-state index contributed by atoms with van der Waals surface area (Å²) in [5.41, 5.74) is 0.871. The Morgan fingerprint density at radius 1 is 1.37 bits per heavy atom. The maximum Gasteiger partial charge on any atom is 0.328 e. The number of non-ortho nitro benzene ring substituents is 1. The molecule has 0 amide bonds. The van der Waals surface area contributed by atoms with Crippen LogP contribution in [0.15, 0.2) is 24.3 Å². The lowest BCUT2D eigenvalue weighted by Crippen LogP contribution is -2.45. The van der Waals surface area contributed by atoms with Crippen molar-refractivity contribution >= 4 is 17.3 Å². The molecule has 1 aromatic carbocycles. The van der Waals surface area contributed by atoms with Crippen molar-refractivity contribution in [3.63, 3.8) is 0 Å². The second-order valence-electron chi connectivity index (χ2n) is 4.50. The summed E-state index contributed by atoms with van der Waals surface area (Å²) in [7, 11) is 1.38. The molecule has 1 aliphatic heterocycles. The molecule has 1 atom stereocenters. The molecule has 0 spiro atoms. The lowest BCUT2D eigenvalue weighted by molar-refractivity contribution is -0.384. The number of methoxy groups -OCH3 is 1. The first-order valence-corrected chi connectivity index (χ1v) is 6.22. The first-order chi connectivity index (χ1) is 9.13. The summed E-state index contributed by atoms with van der Waals surface area (Å²) in [6.07, 6.45) is 2.75. The molecule has 6 heteroatoms. The van der Waals surface area contributed by atoms with E-state index < -0.39 is 4.92 Å². The fourth-order valence-corrected chi connectivity index (χ4v) is 2.39. The maximum absolute atomic E-state index is 11.8. The molecule has 2 rings (SSSR count). The van der Waals surface area contributed by atoms with Gasteiger partial charge >= 0.3 is 5.97 Å². The molecule has 0 N–H and O–H groups in total. The van der Waals surface area contributed by atoms with Crippen molar-refractivity contribution in [2.45, 2.75) is 25.3 Å². The molecule has 0 bridgehead atoms. The number of ether oxygens (including phenoxy) is 1. The second kappa shape index (κ2) is 5.69. The zero-order valence-corrected chi connectivity index (χ0v) is 10.7. The van der Waals surface area contributed by atoms with Gasteiger partial charge in [0.1, 0.15) is 6.04 Å². The third-order valence-corrected chi connectivity index (χ3v) is 3.37. The highest BCUT2D eigenvalue weighted by atomic mass is 16.6. The van der Waals surface area contributed by atoms with Gasteiger partial charge in [-0.25, -0.2) is 4.79 Å². The van der Waals surface area contributed by atoms with Crippen LogP contribution in [0.25, 0.3) is 0 Å². The Morgan fingerprint density at radius 3 is 2.63 bits per heavy atom. The van der Waals surface area contributed by atoms with Gasteiger partial charge < -0.3 is 9.64 Å². The molecule has 0 saturated carbocycles. The standard InChI is InChI=1S/C13H16N2O4/c1-19-13(16)12-4-2-3-9-14(12)10-5-7-11(8-6-10)15(17)18/h5-8,12H,2-4,9H2,1H3. The monoisotopic (exact) mass is 264 g/mol. The number of nitrogens with zero attached hydrogens (tertiary/aromatic N) is 2. The Labute approximate surface area is 111 Å². The number of esters is 1. The number of hydrogen-bond donors (Lipinski definition) is 0. The van der Waals surface area contributed by atoms with Crippen LogP contribution in [0.1, 0.15) is 19.3 Å². The third kappa shape index (κ3) is 2.83. The maximum atomic E-state index is 11.8. The average molecular weight is 264 g/mol. The molecule has 19 heavy (non-hydrogen) atoms. The molecular weight excluding hydrogens is 248 g/mol. The van der Waals surface area contributed by atoms with E-state index in [-0.39, 0.29) is 17.7 Å². The minimum Gasteiger partial charge on any atom is -0.467 e. The predicted molar refractivity (Wildman–Crippen MR) is 70.1 cm³/mol. The van der Waals surface area contributed by atoms with Gasteiger partial charge in [-0.05, 0) is 31.4 Å². The van der Waals surface area contributed by atoms with Gasteiger partial charge in [-0.1, -0.05) is 0 Å². The molecule has 1 fully saturated rings. The Bertz CT molecular complexity index is 472. The van der Waals surface area contributed by atoms with E-state index >= 15 is 0 Å². The van der Waals surface area contributed by atoms with E-state index in [1.165, 1.54) is 19.2 Å². The minimum absolute atomic E-state index is 0.0513. The highest BCUT2D eigenvalue weighted by Crippen LogP contribution is 2.27. The average Bonchev–Trinajstić information content (AvgIpc) is 2.46. The Kier molecular flexibility index (Phi) is 3.99. The molecule has 6 nitrogen and oxygen atoms in total. The summed E-state index contributed by atoms with van der Waals surface area (Å²) in [5, 5.41) is 10.6. The van der Waals surface area contributed by atoms with E-state index in [0.29, 0.717) is 0 Å². The number of nitro groups is 1. The van der Waals surface area contributed by atoms with E-state index in [1.54, 1.807) is 12.1 Å². The molecule has 1 unspecified atom stereocenters. The lowest BCUT2D eigenvalue weighted by atomic mass is 10.0. The van der Waals surface area contributed by atoms with Gasteiger partial charge in [0.15, 0.2) is 0 Å². The SMILES string of the molecule is COC(=O)C1CCCCN1c1ccc([N+](=O)[O-])cc1. The van der Waals surface area contributed by atoms with Gasteiger partial charge in [0.05, 0.1) is 12.0 Å². The number of hydrogen-bond acceptors (Lipinski definition) is 5. The number of piperidine rings is 1. The van der Waals surface area contributed by atoms with Gasteiger partial charge in [0.2, 0.25) is 0 Å². The Morgan fingerprint density at radius 2 is 2.05 bits per heavy atom. The van der Waals surface area contributed by atoms with Crippen LogP contribution in [-0.2, 0) is 9.53 Å². The van der Waals surface area contributed by atoms with Crippen molar-refractivity contribution in [3.8, 4) is 0 Å². The molecule has 1 saturated heterocycles. The Hall–Kier alpha value is -2.11. The normalized spacial score (nSPS) is 19.0. The van der Waals surface area contributed by atoms with Gasteiger partial charge in [0, 0.05) is 24.4 Å². The van der Waals surface area contributed by atoms with Crippen LogP contribution in [0.4, 0.5) is 11.4 Å². The molecular formula is C13H16N2O4. The predicted octanol–water partition coefficient (Wildman–Crippen LogP) is 2.13. The smallest absolute Gasteiger partial charge is 0.328 e. The van der Waals surface area contributed by atoms with Crippen LogP contribution in [0, 0.1) is 10.1 Å². The van der Waals surface area contributed by atoms with Crippen LogP contribution in [-0.4, -0.2) is 30.6 Å². The lowest BCUT2D eigenvalue weighted by Gasteiger charge is -2.35. The minimum atomic E-state index is -0.433. The van der Waals surface area contributed by atoms with Gasteiger partial charge in [0.25, 0.3) is 5.69 Å². The zero-order chi connectivity index (χ0) is 13.8. The fourth-order valence-electron chi connectivity index (χ4n) is 2.39. The largest absolute Gasteiger partial charge is 0.467 e. The summed E-state index contributed by atoms with van der Waals surface area (Å²) in [4.78, 5) is 23.9. The zero-order valence-electron chi connectivity index (χ0n) is 10.7. The summed E-state index contributed by atoms with van der Waals surface area (Å²) in [6.45, 7) is 0.761. The molecule has 1 aromatic rings. The quantitative estimate of drug-likeness (QED) is 0.475. The topological polar surface area (TPSA) is 72.7 Å². The third-order valence-electron chi connectivity index (χ3n) is 3.37. The van der Waals surface area contributed by atoms with E-state index in [4.69, 9.17) is 4.74 Å². The highest BCUT2D eigenvalue weighted by Gasteiger charge is 2.29. The fraction of sp³-hybridized carbons (Fsp3) is 0.462. The van der Waals surface area contributed by atoms with Crippen molar-refractivity contribution < 1.29 is 14.5 Å². The summed E-state index contributed by atoms with van der Waals surface area (Å²) in [6, 6.07) is 5.98. The molecule has 1 aliphatic rings. The summed E-state index contributed by atoms with van der Waals surface area (Å²) in [5.74, 6) is -0.252. The van der Waals surface area contributed by atoms with Crippen molar-refractivity contribution in [2.24, 2.45) is 0 Å². The first-order valence-electron chi connectivity index (χ1n) is 6.22. The number of nitro benzene ring substituents is 1. The van der Waals surface area contributed by atoms with Crippen LogP contribution in [0.5, 0.6) is 0 Å². The van der Waals surface area contributed by atoms with Crippen LogP contribution >= 0.6 is 0 Å². The van der Waals surface area contributed by atoms with E-state index in [0.717, 1.165) is 31.5 Å². The summed E-state index contributed by atoms with van der Waals surface area (Å²) >= 11 is 0. The Balaban J connectivity index is 2.22. The number of carbonyl (C=O) groups is 1. The molecule has 1 heterocycles. The number of benzene rings is 1. The summed E-state index contributed by atoms with van der Waals surface area (Å²) < 4.78 is 4.81. The van der Waals surface area contributed by atoms with Crippen molar-refractivity contribution in [1.82, 2.24) is 0 Å². The van der Waals surface area contributed by atoms with Gasteiger partial charge in [-0.2, -0.15) is 0 Å². The van der Waals surface area contributed by atoms with Gasteiger partial charge in [-0.15, -0.1) is 0 Å². The molecule has 0 aromatic heterocycles. The highest BCUT2D eigenvalue weighted by molar-refractivity contribution is 5.80. The van der Waals surface area contributed by atoms with Crippen molar-refractivity contribution in [3.05, 3.63) is 34.4 Å². The van der Waals surface area contributed by atoms with Gasteiger partial charge in [-0.3, -0.25) is 10.1 Å². The molecule has 0 radical (unpaired) electrons. The number of rotatable bonds is 3. The van der Waals surface area contributed by atoms with E-state index in [9.17, 15) is 14.9 Å². The number of anilines is 1. The van der Waals surface area contributed by atoms with Crippen LogP contribution in [0.3, 0.4) is 0 Å². The van der Waals surface area contributed by atoms with Crippen LogP contribution in [0.2, 0.25) is 0 Å².